The number of likely N-dealkylation sites (tertiary alicyclic amines) is 1. The third-order valence-corrected chi connectivity index (χ3v) is 3.45. The van der Waals surface area contributed by atoms with E-state index in [1.165, 1.54) is 4.90 Å². The van der Waals surface area contributed by atoms with Crippen molar-refractivity contribution in [2.24, 2.45) is 0 Å². The van der Waals surface area contributed by atoms with Crippen LogP contribution in [-0.2, 0) is 16.1 Å². The maximum Gasteiger partial charge on any atom is 0.229 e. The second-order valence-electron chi connectivity index (χ2n) is 3.98. The first-order valence-electron chi connectivity index (χ1n) is 5.35. The molecule has 17 heavy (non-hydrogen) atoms. The van der Waals surface area contributed by atoms with Crippen molar-refractivity contribution in [1.82, 2.24) is 4.90 Å². The van der Waals surface area contributed by atoms with Crippen molar-refractivity contribution in [2.45, 2.75) is 25.8 Å². The summed E-state index contributed by atoms with van der Waals surface area (Å²) in [6.07, 6.45) is 1.52. The Hall–Kier alpha value is -1.06. The van der Waals surface area contributed by atoms with Gasteiger partial charge in [-0.1, -0.05) is 29.3 Å². The molecule has 0 bridgehead atoms. The molecule has 0 atom stereocenters. The SMILES string of the molecule is O=C1CCCC(=O)N1Cc1ccc(Cl)c(Cl)c1. The van der Waals surface area contributed by atoms with Crippen molar-refractivity contribution >= 4 is 35.0 Å². The zero-order valence-electron chi connectivity index (χ0n) is 9.08. The Kier molecular flexibility index (Phi) is 3.69. The fourth-order valence-corrected chi connectivity index (χ4v) is 2.12. The van der Waals surface area contributed by atoms with E-state index >= 15 is 0 Å². The van der Waals surface area contributed by atoms with Crippen molar-refractivity contribution < 1.29 is 9.59 Å². The van der Waals surface area contributed by atoms with E-state index in [9.17, 15) is 9.59 Å². The second-order valence-corrected chi connectivity index (χ2v) is 4.79. The van der Waals surface area contributed by atoms with Crippen molar-refractivity contribution in [3.05, 3.63) is 33.8 Å². The highest BCUT2D eigenvalue weighted by atomic mass is 35.5. The summed E-state index contributed by atoms with van der Waals surface area (Å²) >= 11 is 11.7. The highest BCUT2D eigenvalue weighted by Crippen LogP contribution is 2.24. The van der Waals surface area contributed by atoms with Gasteiger partial charge in [0.05, 0.1) is 16.6 Å². The van der Waals surface area contributed by atoms with E-state index < -0.39 is 0 Å². The highest BCUT2D eigenvalue weighted by molar-refractivity contribution is 6.42. The summed E-state index contributed by atoms with van der Waals surface area (Å²) in [7, 11) is 0. The number of nitrogens with zero attached hydrogens (tertiary/aromatic N) is 1. The zero-order chi connectivity index (χ0) is 12.4. The number of carbonyl (C=O) groups is 2. The zero-order valence-corrected chi connectivity index (χ0v) is 10.6. The summed E-state index contributed by atoms with van der Waals surface area (Å²) in [5, 5.41) is 0.896. The Balaban J connectivity index is 2.16. The molecule has 1 saturated heterocycles. The maximum absolute atomic E-state index is 11.6. The minimum atomic E-state index is -0.118. The predicted molar refractivity (Wildman–Crippen MR) is 65.9 cm³/mol. The predicted octanol–water partition coefficient (Wildman–Crippen LogP) is 3.03. The Morgan fingerprint density at radius 3 is 2.29 bits per heavy atom. The number of hydrogen-bond acceptors (Lipinski definition) is 2. The molecular weight excluding hydrogens is 261 g/mol. The Labute approximate surface area is 109 Å². The molecule has 1 aliphatic heterocycles. The van der Waals surface area contributed by atoms with Gasteiger partial charge in [-0.15, -0.1) is 0 Å². The number of rotatable bonds is 2. The molecular formula is C12H11Cl2NO2. The van der Waals surface area contributed by atoms with Crippen LogP contribution in [0.5, 0.6) is 0 Å². The number of halogens is 2. The molecule has 0 radical (unpaired) electrons. The molecule has 0 N–H and O–H groups in total. The number of hydrogen-bond donors (Lipinski definition) is 0. The van der Waals surface area contributed by atoms with E-state index in [0.29, 0.717) is 29.3 Å². The van der Waals surface area contributed by atoms with Gasteiger partial charge in [0.2, 0.25) is 11.8 Å². The van der Waals surface area contributed by atoms with Crippen LogP contribution in [0.1, 0.15) is 24.8 Å². The molecule has 1 aromatic rings. The monoisotopic (exact) mass is 271 g/mol. The molecule has 2 rings (SSSR count). The van der Waals surface area contributed by atoms with Crippen LogP contribution >= 0.6 is 23.2 Å². The van der Waals surface area contributed by atoms with Crippen LogP contribution < -0.4 is 0 Å². The average molecular weight is 272 g/mol. The molecule has 2 amide bonds. The van der Waals surface area contributed by atoms with Crippen LogP contribution in [0.4, 0.5) is 0 Å². The van der Waals surface area contributed by atoms with E-state index in [2.05, 4.69) is 0 Å². The summed E-state index contributed by atoms with van der Waals surface area (Å²) < 4.78 is 0. The van der Waals surface area contributed by atoms with Gasteiger partial charge in [-0.3, -0.25) is 14.5 Å². The molecule has 90 valence electrons. The van der Waals surface area contributed by atoms with Gasteiger partial charge in [-0.2, -0.15) is 0 Å². The third kappa shape index (κ3) is 2.79. The molecule has 0 unspecified atom stereocenters. The lowest BCUT2D eigenvalue weighted by Gasteiger charge is -2.24. The fourth-order valence-electron chi connectivity index (χ4n) is 1.80. The van der Waals surface area contributed by atoms with Crippen LogP contribution in [-0.4, -0.2) is 16.7 Å². The van der Waals surface area contributed by atoms with E-state index in [1.54, 1.807) is 18.2 Å². The van der Waals surface area contributed by atoms with Crippen LogP contribution in [0.25, 0.3) is 0 Å². The first-order valence-corrected chi connectivity index (χ1v) is 6.10. The lowest BCUT2D eigenvalue weighted by atomic mass is 10.1. The largest absolute Gasteiger partial charge is 0.278 e. The molecule has 0 aromatic heterocycles. The van der Waals surface area contributed by atoms with Gasteiger partial charge in [-0.05, 0) is 24.1 Å². The van der Waals surface area contributed by atoms with Crippen LogP contribution in [0.15, 0.2) is 18.2 Å². The van der Waals surface area contributed by atoms with Gasteiger partial charge in [0.25, 0.3) is 0 Å². The van der Waals surface area contributed by atoms with Crippen LogP contribution in [0, 0.1) is 0 Å². The Morgan fingerprint density at radius 1 is 1.06 bits per heavy atom. The lowest BCUT2D eigenvalue weighted by Crippen LogP contribution is -2.39. The van der Waals surface area contributed by atoms with Crippen molar-refractivity contribution in [3.8, 4) is 0 Å². The molecule has 1 aromatic carbocycles. The van der Waals surface area contributed by atoms with Gasteiger partial charge in [0.15, 0.2) is 0 Å². The minimum Gasteiger partial charge on any atom is -0.278 e. The van der Waals surface area contributed by atoms with Gasteiger partial charge in [0.1, 0.15) is 0 Å². The van der Waals surface area contributed by atoms with Gasteiger partial charge in [-0.25, -0.2) is 0 Å². The minimum absolute atomic E-state index is 0.118. The number of benzene rings is 1. The van der Waals surface area contributed by atoms with E-state index in [0.717, 1.165) is 5.56 Å². The number of carbonyl (C=O) groups excluding carboxylic acids is 2. The Morgan fingerprint density at radius 2 is 1.71 bits per heavy atom. The van der Waals surface area contributed by atoms with Crippen molar-refractivity contribution in [1.29, 1.82) is 0 Å². The molecule has 1 heterocycles. The molecule has 3 nitrogen and oxygen atoms in total. The number of imide groups is 1. The van der Waals surface area contributed by atoms with Crippen LogP contribution in [0.3, 0.4) is 0 Å². The molecule has 0 aliphatic carbocycles. The average Bonchev–Trinajstić information content (AvgIpc) is 2.28. The van der Waals surface area contributed by atoms with Crippen LogP contribution in [0.2, 0.25) is 10.0 Å². The van der Waals surface area contributed by atoms with Crippen molar-refractivity contribution in [2.75, 3.05) is 0 Å². The Bertz CT molecular complexity index is 458. The summed E-state index contributed by atoms with van der Waals surface area (Å²) in [4.78, 5) is 24.5. The highest BCUT2D eigenvalue weighted by Gasteiger charge is 2.25. The standard InChI is InChI=1S/C12H11Cl2NO2/c13-9-5-4-8(6-10(9)14)7-15-11(16)2-1-3-12(15)17/h4-6H,1-3,7H2. The maximum atomic E-state index is 11.6. The molecule has 1 fully saturated rings. The quantitative estimate of drug-likeness (QED) is 0.776. The summed E-state index contributed by atoms with van der Waals surface area (Å²) in [6.45, 7) is 0.272. The summed E-state index contributed by atoms with van der Waals surface area (Å²) in [6, 6.07) is 5.11. The topological polar surface area (TPSA) is 37.4 Å². The summed E-state index contributed by atoms with van der Waals surface area (Å²) in [5.74, 6) is -0.236. The second kappa shape index (κ2) is 5.07. The summed E-state index contributed by atoms with van der Waals surface area (Å²) in [5.41, 5.74) is 0.808. The number of piperidine rings is 1. The molecule has 0 spiro atoms. The van der Waals surface area contributed by atoms with Gasteiger partial charge in [0, 0.05) is 12.8 Å². The third-order valence-electron chi connectivity index (χ3n) is 2.71. The number of amides is 2. The van der Waals surface area contributed by atoms with Crippen molar-refractivity contribution in [3.63, 3.8) is 0 Å². The van der Waals surface area contributed by atoms with E-state index in [-0.39, 0.29) is 18.4 Å². The smallest absolute Gasteiger partial charge is 0.229 e. The molecule has 1 aliphatic rings. The van der Waals surface area contributed by atoms with Gasteiger partial charge < -0.3 is 0 Å². The first-order chi connectivity index (χ1) is 8.08. The van der Waals surface area contributed by atoms with Gasteiger partial charge >= 0.3 is 0 Å². The van der Waals surface area contributed by atoms with E-state index in [4.69, 9.17) is 23.2 Å². The normalized spacial score (nSPS) is 16.5. The molecule has 0 saturated carbocycles. The van der Waals surface area contributed by atoms with E-state index in [1.807, 2.05) is 0 Å². The molecule has 5 heteroatoms. The fraction of sp³-hybridized carbons (Fsp3) is 0.333. The lowest BCUT2D eigenvalue weighted by molar-refractivity contribution is -0.148. The first kappa shape index (κ1) is 12.4.